The van der Waals surface area contributed by atoms with E-state index < -0.39 is 0 Å². The van der Waals surface area contributed by atoms with Gasteiger partial charge in [-0.1, -0.05) is 0 Å². The lowest BCUT2D eigenvalue weighted by Crippen LogP contribution is -2.52. The highest BCUT2D eigenvalue weighted by atomic mass is 16.2. The lowest BCUT2D eigenvalue weighted by molar-refractivity contribution is 0.197. The molecule has 1 atom stereocenters. The first-order valence-corrected chi connectivity index (χ1v) is 6.50. The van der Waals surface area contributed by atoms with E-state index in [1.54, 1.807) is 0 Å². The zero-order valence-corrected chi connectivity index (χ0v) is 11.2. The second-order valence-electron chi connectivity index (χ2n) is 4.89. The summed E-state index contributed by atoms with van der Waals surface area (Å²) in [6.45, 7) is 4.98. The fourth-order valence-electron chi connectivity index (χ4n) is 2.65. The fourth-order valence-corrected chi connectivity index (χ4v) is 2.65. The van der Waals surface area contributed by atoms with Gasteiger partial charge < -0.3 is 20.4 Å². The zero-order valence-electron chi connectivity index (χ0n) is 11.2. The molecular formula is C12H18N6O. The van der Waals surface area contributed by atoms with Crippen LogP contribution in [0.1, 0.15) is 5.82 Å². The number of hydrogen-bond donors (Lipinski definition) is 2. The van der Waals surface area contributed by atoms with Crippen LogP contribution >= 0.6 is 0 Å². The first-order chi connectivity index (χ1) is 9.17. The molecule has 0 aliphatic carbocycles. The number of nitrogens with zero attached hydrogens (tertiary/aromatic N) is 4. The van der Waals surface area contributed by atoms with Crippen molar-refractivity contribution in [3.8, 4) is 0 Å². The summed E-state index contributed by atoms with van der Waals surface area (Å²) >= 11 is 0. The van der Waals surface area contributed by atoms with E-state index in [4.69, 9.17) is 0 Å². The van der Waals surface area contributed by atoms with E-state index in [0.717, 1.165) is 43.6 Å². The maximum atomic E-state index is 11.6. The molecule has 1 unspecified atom stereocenters. The lowest BCUT2D eigenvalue weighted by atomic mass is 10.2. The Kier molecular flexibility index (Phi) is 2.88. The highest BCUT2D eigenvalue weighted by Gasteiger charge is 2.35. The van der Waals surface area contributed by atoms with Crippen molar-refractivity contribution in [1.29, 1.82) is 0 Å². The fraction of sp³-hybridized carbons (Fsp3) is 0.583. The smallest absolute Gasteiger partial charge is 0.317 e. The molecule has 3 heterocycles. The number of anilines is 2. The number of amides is 2. The van der Waals surface area contributed by atoms with Gasteiger partial charge in [-0.05, 0) is 6.92 Å². The van der Waals surface area contributed by atoms with Crippen LogP contribution in [0.3, 0.4) is 0 Å². The Labute approximate surface area is 112 Å². The highest BCUT2D eigenvalue weighted by molar-refractivity contribution is 5.77. The lowest BCUT2D eigenvalue weighted by Gasteiger charge is -2.37. The standard InChI is InChI=1S/C12H18N6O/c1-8-15-10(13-2)5-11(16-8)17-3-4-18-9(7-17)6-14-12(18)19/h5,9H,3-4,6-7H2,1-2H3,(H,14,19)(H,13,15,16). The van der Waals surface area contributed by atoms with Gasteiger partial charge in [0, 0.05) is 39.3 Å². The number of urea groups is 1. The molecule has 7 heteroatoms. The van der Waals surface area contributed by atoms with Crippen LogP contribution < -0.4 is 15.5 Å². The monoisotopic (exact) mass is 262 g/mol. The molecule has 0 saturated carbocycles. The van der Waals surface area contributed by atoms with Gasteiger partial charge in [0.1, 0.15) is 17.5 Å². The Morgan fingerprint density at radius 2 is 2.26 bits per heavy atom. The topological polar surface area (TPSA) is 73.4 Å². The SMILES string of the molecule is CNc1cc(N2CCN3C(=O)NCC3C2)nc(C)n1. The number of carbonyl (C=O) groups excluding carboxylic acids is 1. The first kappa shape index (κ1) is 12.0. The molecule has 1 aromatic rings. The van der Waals surface area contributed by atoms with E-state index >= 15 is 0 Å². The zero-order chi connectivity index (χ0) is 13.4. The van der Waals surface area contributed by atoms with E-state index in [0.29, 0.717) is 0 Å². The number of hydrogen-bond acceptors (Lipinski definition) is 5. The van der Waals surface area contributed by atoms with E-state index in [9.17, 15) is 4.79 Å². The molecule has 102 valence electrons. The summed E-state index contributed by atoms with van der Waals surface area (Å²) in [4.78, 5) is 24.5. The summed E-state index contributed by atoms with van der Waals surface area (Å²) < 4.78 is 0. The molecule has 0 radical (unpaired) electrons. The van der Waals surface area contributed by atoms with E-state index in [1.165, 1.54) is 0 Å². The average molecular weight is 262 g/mol. The molecule has 3 rings (SSSR count). The summed E-state index contributed by atoms with van der Waals surface area (Å²) in [6, 6.07) is 2.25. The van der Waals surface area contributed by atoms with Crippen LogP contribution in [0.4, 0.5) is 16.4 Å². The second kappa shape index (κ2) is 4.56. The van der Waals surface area contributed by atoms with E-state index in [1.807, 2.05) is 24.9 Å². The van der Waals surface area contributed by atoms with Crippen LogP contribution in [0.25, 0.3) is 0 Å². The van der Waals surface area contributed by atoms with Gasteiger partial charge in [-0.3, -0.25) is 0 Å². The van der Waals surface area contributed by atoms with Crippen LogP contribution in [0.15, 0.2) is 6.07 Å². The largest absolute Gasteiger partial charge is 0.373 e. The van der Waals surface area contributed by atoms with Gasteiger partial charge in [-0.2, -0.15) is 0 Å². The summed E-state index contributed by atoms with van der Waals surface area (Å²) in [7, 11) is 1.85. The molecule has 0 bridgehead atoms. The molecule has 1 aromatic heterocycles. The molecule has 2 aliphatic rings. The van der Waals surface area contributed by atoms with Gasteiger partial charge in [0.2, 0.25) is 0 Å². The highest BCUT2D eigenvalue weighted by Crippen LogP contribution is 2.21. The van der Waals surface area contributed by atoms with Gasteiger partial charge in [0.25, 0.3) is 0 Å². The maximum Gasteiger partial charge on any atom is 0.317 e. The average Bonchev–Trinajstić information content (AvgIpc) is 2.79. The first-order valence-electron chi connectivity index (χ1n) is 6.50. The summed E-state index contributed by atoms with van der Waals surface area (Å²) in [5.41, 5.74) is 0. The number of aromatic nitrogens is 2. The molecule has 2 saturated heterocycles. The van der Waals surface area contributed by atoms with Crippen LogP contribution in [-0.4, -0.2) is 60.2 Å². The number of carbonyl (C=O) groups is 1. The summed E-state index contributed by atoms with van der Waals surface area (Å²) in [5.74, 6) is 2.51. The molecule has 2 amide bonds. The number of nitrogens with one attached hydrogen (secondary N) is 2. The van der Waals surface area contributed by atoms with Crippen LogP contribution in [0.5, 0.6) is 0 Å². The minimum atomic E-state index is 0.0550. The van der Waals surface area contributed by atoms with Crippen molar-refractivity contribution in [3.63, 3.8) is 0 Å². The van der Waals surface area contributed by atoms with Crippen molar-refractivity contribution in [3.05, 3.63) is 11.9 Å². The number of rotatable bonds is 2. The van der Waals surface area contributed by atoms with Crippen molar-refractivity contribution in [1.82, 2.24) is 20.2 Å². The molecule has 7 nitrogen and oxygen atoms in total. The molecule has 0 aromatic carbocycles. The molecule has 2 N–H and O–H groups in total. The number of aryl methyl sites for hydroxylation is 1. The van der Waals surface area contributed by atoms with Gasteiger partial charge in [-0.25, -0.2) is 14.8 Å². The Hall–Kier alpha value is -2.05. The Balaban J connectivity index is 1.80. The van der Waals surface area contributed by atoms with Gasteiger partial charge in [0.05, 0.1) is 6.04 Å². The summed E-state index contributed by atoms with van der Waals surface area (Å²) in [6.07, 6.45) is 0. The van der Waals surface area contributed by atoms with Crippen molar-refractivity contribution in [2.24, 2.45) is 0 Å². The third-order valence-corrected chi connectivity index (χ3v) is 3.64. The predicted octanol–water partition coefficient (Wildman–Crippen LogP) is 0.0405. The Morgan fingerprint density at radius 1 is 1.42 bits per heavy atom. The summed E-state index contributed by atoms with van der Waals surface area (Å²) in [5, 5.41) is 5.93. The molecule has 2 aliphatic heterocycles. The minimum absolute atomic E-state index is 0.0550. The molecule has 19 heavy (non-hydrogen) atoms. The van der Waals surface area contributed by atoms with Crippen LogP contribution in [0.2, 0.25) is 0 Å². The quantitative estimate of drug-likeness (QED) is 0.787. The predicted molar refractivity (Wildman–Crippen MR) is 72.4 cm³/mol. The number of fused-ring (bicyclic) bond motifs is 1. The van der Waals surface area contributed by atoms with Crippen molar-refractivity contribution in [2.45, 2.75) is 13.0 Å². The maximum absolute atomic E-state index is 11.6. The normalized spacial score (nSPS) is 22.2. The Bertz CT molecular complexity index is 505. The molecule has 2 fully saturated rings. The third-order valence-electron chi connectivity index (χ3n) is 3.64. The van der Waals surface area contributed by atoms with Gasteiger partial charge >= 0.3 is 6.03 Å². The molecule has 0 spiro atoms. The molecular weight excluding hydrogens is 244 g/mol. The van der Waals surface area contributed by atoms with Crippen LogP contribution in [0, 0.1) is 6.92 Å². The van der Waals surface area contributed by atoms with Gasteiger partial charge in [-0.15, -0.1) is 0 Å². The minimum Gasteiger partial charge on any atom is -0.373 e. The van der Waals surface area contributed by atoms with E-state index in [-0.39, 0.29) is 12.1 Å². The number of piperazine rings is 1. The van der Waals surface area contributed by atoms with Crippen molar-refractivity contribution >= 4 is 17.7 Å². The van der Waals surface area contributed by atoms with Crippen LogP contribution in [-0.2, 0) is 0 Å². The third kappa shape index (κ3) is 2.16. The van der Waals surface area contributed by atoms with E-state index in [2.05, 4.69) is 25.5 Å². The van der Waals surface area contributed by atoms with Crippen molar-refractivity contribution in [2.75, 3.05) is 43.4 Å². The van der Waals surface area contributed by atoms with Gasteiger partial charge in [0.15, 0.2) is 0 Å². The Morgan fingerprint density at radius 3 is 3.05 bits per heavy atom. The second-order valence-corrected chi connectivity index (χ2v) is 4.89. The van der Waals surface area contributed by atoms with Crippen molar-refractivity contribution < 1.29 is 4.79 Å².